The van der Waals surface area contributed by atoms with Crippen LogP contribution in [0, 0.1) is 0 Å². The van der Waals surface area contributed by atoms with E-state index in [9.17, 15) is 0 Å². The van der Waals surface area contributed by atoms with Gasteiger partial charge in [0, 0.05) is 36.4 Å². The number of nitrogens with zero attached hydrogens (tertiary/aromatic N) is 4. The molecular formula is C23H23N5. The molecule has 4 aromatic rings. The molecule has 2 heterocycles. The van der Waals surface area contributed by atoms with E-state index in [0.717, 1.165) is 28.8 Å². The highest BCUT2D eigenvalue weighted by Gasteiger charge is 2.10. The first kappa shape index (κ1) is 18.1. The van der Waals surface area contributed by atoms with Crippen LogP contribution in [-0.4, -0.2) is 33.9 Å². The first-order chi connectivity index (χ1) is 13.7. The smallest absolute Gasteiger partial charge is 0.163 e. The lowest BCUT2D eigenvalue weighted by atomic mass is 10.1. The van der Waals surface area contributed by atoms with Gasteiger partial charge in [-0.05, 0) is 49.5 Å². The first-order valence-electron chi connectivity index (χ1n) is 9.33. The molecule has 0 aliphatic rings. The number of para-hydroxylation sites is 1. The van der Waals surface area contributed by atoms with Crippen molar-refractivity contribution in [1.82, 2.24) is 19.9 Å². The van der Waals surface area contributed by atoms with Gasteiger partial charge in [0.25, 0.3) is 0 Å². The van der Waals surface area contributed by atoms with Gasteiger partial charge < -0.3 is 10.2 Å². The summed E-state index contributed by atoms with van der Waals surface area (Å²) in [7, 11) is 4.17. The van der Waals surface area contributed by atoms with Crippen molar-refractivity contribution in [3.05, 3.63) is 84.2 Å². The largest absolute Gasteiger partial charge is 0.365 e. The molecule has 0 atom stereocenters. The highest BCUT2D eigenvalue weighted by atomic mass is 15.1. The second kappa shape index (κ2) is 8.15. The van der Waals surface area contributed by atoms with E-state index in [1.807, 2.05) is 30.3 Å². The van der Waals surface area contributed by atoms with Gasteiger partial charge in [-0.3, -0.25) is 4.98 Å². The maximum absolute atomic E-state index is 4.80. The number of hydrogen-bond donors (Lipinski definition) is 1. The van der Waals surface area contributed by atoms with Crippen LogP contribution in [0.3, 0.4) is 0 Å². The third kappa shape index (κ3) is 4.00. The van der Waals surface area contributed by atoms with Crippen molar-refractivity contribution in [3.8, 4) is 11.4 Å². The Bertz CT molecular complexity index is 1080. The summed E-state index contributed by atoms with van der Waals surface area (Å²) >= 11 is 0. The van der Waals surface area contributed by atoms with Gasteiger partial charge in [0.2, 0.25) is 0 Å². The molecule has 0 amide bonds. The van der Waals surface area contributed by atoms with Crippen LogP contribution in [0.15, 0.2) is 73.1 Å². The normalized spacial score (nSPS) is 11.1. The molecule has 2 aromatic heterocycles. The van der Waals surface area contributed by atoms with Gasteiger partial charge in [-0.1, -0.05) is 36.4 Å². The number of hydrogen-bond acceptors (Lipinski definition) is 5. The van der Waals surface area contributed by atoms with Crippen molar-refractivity contribution >= 4 is 16.7 Å². The third-order valence-electron chi connectivity index (χ3n) is 4.57. The molecule has 4 rings (SSSR count). The molecule has 28 heavy (non-hydrogen) atoms. The molecule has 2 aromatic carbocycles. The van der Waals surface area contributed by atoms with E-state index in [1.54, 1.807) is 12.4 Å². The molecule has 0 bridgehead atoms. The van der Waals surface area contributed by atoms with Gasteiger partial charge in [-0.2, -0.15) is 0 Å². The fraction of sp³-hybridized carbons (Fsp3) is 0.174. The van der Waals surface area contributed by atoms with Crippen LogP contribution in [0.1, 0.15) is 11.1 Å². The van der Waals surface area contributed by atoms with E-state index in [-0.39, 0.29) is 0 Å². The van der Waals surface area contributed by atoms with E-state index < -0.39 is 0 Å². The van der Waals surface area contributed by atoms with Crippen molar-refractivity contribution in [1.29, 1.82) is 0 Å². The molecule has 140 valence electrons. The average Bonchev–Trinajstić information content (AvgIpc) is 2.73. The van der Waals surface area contributed by atoms with Crippen molar-refractivity contribution < 1.29 is 0 Å². The van der Waals surface area contributed by atoms with Gasteiger partial charge >= 0.3 is 0 Å². The number of rotatable bonds is 6. The SMILES string of the molecule is CN(C)Cc1ccccc1CNc1nc(-c2cccnc2)nc2ccccc12. The molecule has 0 fully saturated rings. The highest BCUT2D eigenvalue weighted by Crippen LogP contribution is 2.25. The Morgan fingerprint density at radius 3 is 2.43 bits per heavy atom. The third-order valence-corrected chi connectivity index (χ3v) is 4.57. The Labute approximate surface area is 165 Å². The summed E-state index contributed by atoms with van der Waals surface area (Å²) in [5.41, 5.74) is 4.40. The molecule has 0 aliphatic carbocycles. The van der Waals surface area contributed by atoms with Crippen LogP contribution in [0.25, 0.3) is 22.3 Å². The summed E-state index contributed by atoms with van der Waals surface area (Å²) in [4.78, 5) is 15.9. The maximum atomic E-state index is 4.80. The maximum Gasteiger partial charge on any atom is 0.163 e. The van der Waals surface area contributed by atoms with Crippen molar-refractivity contribution in [2.75, 3.05) is 19.4 Å². The van der Waals surface area contributed by atoms with Crippen LogP contribution >= 0.6 is 0 Å². The van der Waals surface area contributed by atoms with E-state index in [0.29, 0.717) is 12.4 Å². The zero-order chi connectivity index (χ0) is 19.3. The standard InChI is InChI=1S/C23H23N5/c1-28(2)16-19-9-4-3-8-17(19)15-25-23-20-11-5-6-12-21(20)26-22(27-23)18-10-7-13-24-14-18/h3-14H,15-16H2,1-2H3,(H,25,26,27). The number of aromatic nitrogens is 3. The van der Waals surface area contributed by atoms with Crippen molar-refractivity contribution in [3.63, 3.8) is 0 Å². The minimum absolute atomic E-state index is 0.677. The second-order valence-corrected chi connectivity index (χ2v) is 7.01. The summed E-state index contributed by atoms with van der Waals surface area (Å²) in [5, 5.41) is 4.55. The van der Waals surface area contributed by atoms with Gasteiger partial charge in [0.1, 0.15) is 5.82 Å². The second-order valence-electron chi connectivity index (χ2n) is 7.01. The molecule has 0 saturated carbocycles. The number of benzene rings is 2. The molecule has 5 nitrogen and oxygen atoms in total. The monoisotopic (exact) mass is 369 g/mol. The zero-order valence-electron chi connectivity index (χ0n) is 16.1. The summed E-state index contributed by atoms with van der Waals surface area (Å²) < 4.78 is 0. The van der Waals surface area contributed by atoms with E-state index in [2.05, 4.69) is 59.6 Å². The summed E-state index contributed by atoms with van der Waals surface area (Å²) in [6.45, 7) is 1.61. The average molecular weight is 369 g/mol. The van der Waals surface area contributed by atoms with Crippen LogP contribution in [0.2, 0.25) is 0 Å². The molecule has 5 heteroatoms. The van der Waals surface area contributed by atoms with Crippen LogP contribution in [0.5, 0.6) is 0 Å². The van der Waals surface area contributed by atoms with Crippen molar-refractivity contribution in [2.24, 2.45) is 0 Å². The Hall–Kier alpha value is -3.31. The van der Waals surface area contributed by atoms with Crippen LogP contribution in [0.4, 0.5) is 5.82 Å². The molecule has 0 saturated heterocycles. The topological polar surface area (TPSA) is 53.9 Å². The van der Waals surface area contributed by atoms with Gasteiger partial charge in [0.15, 0.2) is 5.82 Å². The van der Waals surface area contributed by atoms with Crippen LogP contribution in [-0.2, 0) is 13.1 Å². The molecule has 0 spiro atoms. The summed E-state index contributed by atoms with van der Waals surface area (Å²) in [5.74, 6) is 1.51. The fourth-order valence-electron chi connectivity index (χ4n) is 3.24. The molecule has 0 aliphatic heterocycles. The predicted octanol–water partition coefficient (Wildman–Crippen LogP) is 4.37. The Balaban J connectivity index is 1.69. The quantitative estimate of drug-likeness (QED) is 0.547. The van der Waals surface area contributed by atoms with Gasteiger partial charge in [0.05, 0.1) is 5.52 Å². The molecule has 0 unspecified atom stereocenters. The van der Waals surface area contributed by atoms with Crippen LogP contribution < -0.4 is 5.32 Å². The summed E-state index contributed by atoms with van der Waals surface area (Å²) in [6, 6.07) is 20.5. The lowest BCUT2D eigenvalue weighted by Crippen LogP contribution is -2.14. The minimum Gasteiger partial charge on any atom is -0.365 e. The molecule has 0 radical (unpaired) electrons. The number of pyridine rings is 1. The molecular weight excluding hydrogens is 346 g/mol. The molecule has 1 N–H and O–H groups in total. The van der Waals surface area contributed by atoms with E-state index >= 15 is 0 Å². The van der Waals surface area contributed by atoms with Gasteiger partial charge in [-0.15, -0.1) is 0 Å². The fourth-order valence-corrected chi connectivity index (χ4v) is 3.24. The summed E-state index contributed by atoms with van der Waals surface area (Å²) in [6.07, 6.45) is 3.55. The van der Waals surface area contributed by atoms with E-state index in [1.165, 1.54) is 11.1 Å². The first-order valence-corrected chi connectivity index (χ1v) is 9.33. The predicted molar refractivity (Wildman–Crippen MR) is 114 cm³/mol. The highest BCUT2D eigenvalue weighted by molar-refractivity contribution is 5.90. The van der Waals surface area contributed by atoms with Gasteiger partial charge in [-0.25, -0.2) is 9.97 Å². The lowest BCUT2D eigenvalue weighted by Gasteiger charge is -2.16. The number of anilines is 1. The van der Waals surface area contributed by atoms with Crippen molar-refractivity contribution in [2.45, 2.75) is 13.1 Å². The Kier molecular flexibility index (Phi) is 5.26. The number of nitrogens with one attached hydrogen (secondary N) is 1. The zero-order valence-corrected chi connectivity index (χ0v) is 16.1. The Morgan fingerprint density at radius 1 is 0.857 bits per heavy atom. The number of fused-ring (bicyclic) bond motifs is 1. The lowest BCUT2D eigenvalue weighted by molar-refractivity contribution is 0.401. The minimum atomic E-state index is 0.677. The Morgan fingerprint density at radius 2 is 1.64 bits per heavy atom. The van der Waals surface area contributed by atoms with E-state index in [4.69, 9.17) is 9.97 Å².